The third-order valence-electron chi connectivity index (χ3n) is 3.01. The fourth-order valence-corrected chi connectivity index (χ4v) is 3.23. The molecule has 1 aromatic rings. The monoisotopic (exact) mass is 396 g/mol. The topological polar surface area (TPSA) is 23.1 Å². The minimum absolute atomic E-state index is 0.0255. The summed E-state index contributed by atoms with van der Waals surface area (Å²) in [5, 5.41) is 0.475. The van der Waals surface area contributed by atoms with Gasteiger partial charge in [0, 0.05) is 5.33 Å². The van der Waals surface area contributed by atoms with Crippen LogP contribution in [0.2, 0.25) is 0 Å². The molecule has 1 nitrogen and oxygen atoms in total. The van der Waals surface area contributed by atoms with Crippen molar-refractivity contribution in [3.8, 4) is 0 Å². The van der Waals surface area contributed by atoms with E-state index < -0.39 is 34.7 Å². The summed E-state index contributed by atoms with van der Waals surface area (Å²) in [6.07, 6.45) is -11.1. The quantitative estimate of drug-likeness (QED) is 0.406. The highest BCUT2D eigenvalue weighted by atomic mass is 79.9. The molecule has 0 aliphatic carbocycles. The molecule has 0 radical (unpaired) electrons. The smallest absolute Gasteiger partial charge is 0.407 e. The van der Waals surface area contributed by atoms with Gasteiger partial charge in [-0.1, -0.05) is 28.1 Å². The Balaban J connectivity index is 3.03. The molecule has 120 valence electrons. The molecule has 1 atom stereocenters. The Bertz CT molecular complexity index is 456. The number of rotatable bonds is 4. The van der Waals surface area contributed by atoms with Crippen molar-refractivity contribution >= 4 is 27.1 Å². The maximum Gasteiger partial charge on any atom is 0.407 e. The van der Waals surface area contributed by atoms with Crippen LogP contribution in [0.3, 0.4) is 0 Å². The summed E-state index contributed by atoms with van der Waals surface area (Å²) in [6, 6.07) is 5.50. The summed E-state index contributed by atoms with van der Waals surface area (Å²) >= 11 is 0.735. The molecule has 0 spiro atoms. The summed E-state index contributed by atoms with van der Waals surface area (Å²) in [5.41, 5.74) is -3.25. The first-order chi connectivity index (χ1) is 9.42. The van der Waals surface area contributed by atoms with E-state index in [-0.39, 0.29) is 11.8 Å². The Morgan fingerprint density at radius 2 is 1.43 bits per heavy atom. The zero-order chi connectivity index (χ0) is 16.5. The van der Waals surface area contributed by atoms with Crippen LogP contribution in [-0.2, 0) is 16.5 Å². The van der Waals surface area contributed by atoms with Crippen LogP contribution in [0.1, 0.15) is 12.5 Å². The van der Waals surface area contributed by atoms with Crippen LogP contribution in [0.4, 0.5) is 26.3 Å². The van der Waals surface area contributed by atoms with Gasteiger partial charge in [0.25, 0.3) is 0 Å². The summed E-state index contributed by atoms with van der Waals surface area (Å²) in [4.78, 5) is -0.0700. The second kappa shape index (κ2) is 6.37. The summed E-state index contributed by atoms with van der Waals surface area (Å²) in [5.74, 6) is -1.56. The highest BCUT2D eigenvalue weighted by molar-refractivity contribution is 9.08. The van der Waals surface area contributed by atoms with Crippen molar-refractivity contribution in [3.05, 3.63) is 29.8 Å². The highest BCUT2D eigenvalue weighted by Crippen LogP contribution is 2.51. The Morgan fingerprint density at radius 3 is 1.76 bits per heavy atom. The van der Waals surface area contributed by atoms with E-state index in [0.717, 1.165) is 5.56 Å². The first-order valence-electron chi connectivity index (χ1n) is 5.59. The van der Waals surface area contributed by atoms with E-state index in [9.17, 15) is 30.9 Å². The Morgan fingerprint density at radius 1 is 1.00 bits per heavy atom. The van der Waals surface area contributed by atoms with Gasteiger partial charge in [-0.25, -0.2) is 0 Å². The lowest BCUT2D eigenvalue weighted by Gasteiger charge is -2.33. The van der Waals surface area contributed by atoms with Crippen LogP contribution >= 0.6 is 15.9 Å². The van der Waals surface area contributed by atoms with Gasteiger partial charge in [0.15, 0.2) is 4.90 Å². The molecule has 1 unspecified atom stereocenters. The van der Waals surface area contributed by atoms with E-state index in [0.29, 0.717) is 5.33 Å². The molecule has 0 amide bonds. The lowest BCUT2D eigenvalue weighted by Crippen LogP contribution is -2.52. The van der Waals surface area contributed by atoms with E-state index in [4.69, 9.17) is 0 Å². The van der Waals surface area contributed by atoms with Crippen molar-refractivity contribution in [2.45, 2.75) is 29.5 Å². The first kappa shape index (κ1) is 18.6. The second-order valence-electron chi connectivity index (χ2n) is 4.60. The molecular weight excluding hydrogens is 386 g/mol. The summed E-state index contributed by atoms with van der Waals surface area (Å²) < 4.78 is 88.3. The third-order valence-corrected chi connectivity index (χ3v) is 5.30. The number of halogens is 7. The number of alkyl halides is 7. The fourth-order valence-electron chi connectivity index (χ4n) is 1.40. The van der Waals surface area contributed by atoms with Gasteiger partial charge in [-0.2, -0.15) is 26.3 Å². The minimum atomic E-state index is -5.53. The zero-order valence-corrected chi connectivity index (χ0v) is 13.1. The normalized spacial score (nSPS) is 15.1. The lowest BCUT2D eigenvalue weighted by molar-refractivity contribution is -0.325. The number of hydrogen-bond acceptors (Lipinski definition) is 1. The molecule has 21 heavy (non-hydrogen) atoms. The Kier molecular flexibility index (Phi) is 5.66. The van der Waals surface area contributed by atoms with E-state index in [2.05, 4.69) is 15.9 Å². The van der Waals surface area contributed by atoms with Gasteiger partial charge in [-0.3, -0.25) is 0 Å². The van der Waals surface area contributed by atoms with Crippen LogP contribution in [0, 0.1) is 5.41 Å². The van der Waals surface area contributed by atoms with Gasteiger partial charge in [-0.05, 0) is 35.8 Å². The highest BCUT2D eigenvalue weighted by Gasteiger charge is 2.69. The molecule has 0 aromatic heterocycles. The van der Waals surface area contributed by atoms with Crippen LogP contribution in [0.25, 0.3) is 0 Å². The molecule has 0 bridgehead atoms. The fraction of sp³-hybridized carbons (Fsp3) is 0.500. The molecule has 0 aliphatic heterocycles. The van der Waals surface area contributed by atoms with E-state index in [1.807, 2.05) is 0 Å². The van der Waals surface area contributed by atoms with Gasteiger partial charge < -0.3 is 4.55 Å². The third kappa shape index (κ3) is 4.07. The largest absolute Gasteiger partial charge is 0.611 e. The average molecular weight is 397 g/mol. The van der Waals surface area contributed by atoms with Gasteiger partial charge in [0.2, 0.25) is 5.41 Å². The predicted molar refractivity (Wildman–Crippen MR) is 70.6 cm³/mol. The number of benzene rings is 1. The SMILES string of the molecule is CC(C[S+]([O-])c1ccc(CBr)cc1)(C(F)(F)F)C(F)(F)F. The molecule has 1 rings (SSSR count). The molecule has 0 saturated heterocycles. The molecular formula is C12H11BrF6OS. The predicted octanol–water partition coefficient (Wildman–Crippen LogP) is 4.82. The summed E-state index contributed by atoms with van der Waals surface area (Å²) in [6.45, 7) is 0.0255. The van der Waals surface area contributed by atoms with E-state index >= 15 is 0 Å². The maximum absolute atomic E-state index is 12.7. The van der Waals surface area contributed by atoms with Crippen LogP contribution in [0.5, 0.6) is 0 Å². The van der Waals surface area contributed by atoms with Crippen LogP contribution < -0.4 is 0 Å². The van der Waals surface area contributed by atoms with E-state index in [1.54, 1.807) is 0 Å². The Hall–Kier alpha value is -0.410. The molecule has 0 saturated carbocycles. The van der Waals surface area contributed by atoms with Crippen molar-refractivity contribution in [2.75, 3.05) is 5.75 Å². The molecule has 9 heteroatoms. The van der Waals surface area contributed by atoms with E-state index in [1.165, 1.54) is 24.3 Å². The van der Waals surface area contributed by atoms with Gasteiger partial charge in [-0.15, -0.1) is 0 Å². The second-order valence-corrected chi connectivity index (χ2v) is 6.61. The molecule has 1 aromatic carbocycles. The lowest BCUT2D eigenvalue weighted by atomic mass is 9.92. The standard InChI is InChI=1S/C12H11BrF6OS/c1-10(11(14,15)16,12(17,18)19)7-21(20)9-4-2-8(6-13)3-5-9/h2-5H,6-7H2,1H3. The zero-order valence-electron chi connectivity index (χ0n) is 10.7. The van der Waals surface area contributed by atoms with Crippen LogP contribution in [-0.4, -0.2) is 22.7 Å². The van der Waals surface area contributed by atoms with Gasteiger partial charge >= 0.3 is 12.4 Å². The van der Waals surface area contributed by atoms with Gasteiger partial charge in [0.1, 0.15) is 5.75 Å². The van der Waals surface area contributed by atoms with Crippen molar-refractivity contribution in [1.82, 2.24) is 0 Å². The Labute approximate surface area is 129 Å². The van der Waals surface area contributed by atoms with Crippen LogP contribution in [0.15, 0.2) is 29.2 Å². The maximum atomic E-state index is 12.7. The molecule has 0 aliphatic rings. The first-order valence-corrected chi connectivity index (χ1v) is 8.03. The molecule has 0 fully saturated rings. The summed E-state index contributed by atoms with van der Waals surface area (Å²) in [7, 11) is 0. The van der Waals surface area contributed by atoms with Crippen molar-refractivity contribution in [3.63, 3.8) is 0 Å². The minimum Gasteiger partial charge on any atom is -0.611 e. The van der Waals surface area contributed by atoms with Crippen molar-refractivity contribution < 1.29 is 30.9 Å². The van der Waals surface area contributed by atoms with Crippen molar-refractivity contribution in [2.24, 2.45) is 5.41 Å². The van der Waals surface area contributed by atoms with Gasteiger partial charge in [0.05, 0.1) is 0 Å². The number of hydrogen-bond donors (Lipinski definition) is 0. The molecule has 0 heterocycles. The van der Waals surface area contributed by atoms with Crippen molar-refractivity contribution in [1.29, 1.82) is 0 Å². The molecule has 0 N–H and O–H groups in total. The average Bonchev–Trinajstić information content (AvgIpc) is 2.36.